The summed E-state index contributed by atoms with van der Waals surface area (Å²) in [7, 11) is 1.94. The Morgan fingerprint density at radius 1 is 1.05 bits per heavy atom. The average molecular weight is 297 g/mol. The third-order valence-corrected chi connectivity index (χ3v) is 4.08. The highest BCUT2D eigenvalue weighted by Crippen LogP contribution is 2.20. The number of aliphatic hydroxyl groups excluding tert-OH is 1. The minimum absolute atomic E-state index is 0.0500. The summed E-state index contributed by atoms with van der Waals surface area (Å²) < 4.78 is 0. The molecule has 22 heavy (non-hydrogen) atoms. The third kappa shape index (κ3) is 4.26. The summed E-state index contributed by atoms with van der Waals surface area (Å²) in [6.45, 7) is 2.60. The monoisotopic (exact) mass is 297 g/mol. The molecule has 0 aliphatic rings. The van der Waals surface area contributed by atoms with E-state index in [2.05, 4.69) is 0 Å². The van der Waals surface area contributed by atoms with Gasteiger partial charge in [0.1, 0.15) is 0 Å². The van der Waals surface area contributed by atoms with E-state index >= 15 is 0 Å². The molecule has 0 aromatic heterocycles. The Balaban J connectivity index is 1.89. The molecule has 2 aromatic rings. The fraction of sp³-hybridized carbons (Fsp3) is 0.316. The first kappa shape index (κ1) is 16.4. The van der Waals surface area contributed by atoms with Crippen LogP contribution in [-0.2, 0) is 0 Å². The molecule has 0 bridgehead atoms. The zero-order valence-corrected chi connectivity index (χ0v) is 13.1. The zero-order chi connectivity index (χ0) is 15.9. The van der Waals surface area contributed by atoms with Gasteiger partial charge in [-0.05, 0) is 19.5 Å². The number of likely N-dealkylation sites (N-methyl/N-ethyl adjacent to an activating group) is 1. The minimum Gasteiger partial charge on any atom is -0.387 e. The first-order valence-electron chi connectivity index (χ1n) is 7.61. The Bertz CT molecular complexity index is 583. The number of hydrogen-bond donors (Lipinski definition) is 1. The summed E-state index contributed by atoms with van der Waals surface area (Å²) >= 11 is 0. The first-order chi connectivity index (χ1) is 10.6. The van der Waals surface area contributed by atoms with E-state index in [9.17, 15) is 9.90 Å². The molecule has 2 rings (SSSR count). The van der Waals surface area contributed by atoms with Crippen molar-refractivity contribution in [3.05, 3.63) is 71.8 Å². The van der Waals surface area contributed by atoms with E-state index in [0.717, 1.165) is 11.1 Å². The van der Waals surface area contributed by atoms with Gasteiger partial charge in [0.25, 0.3) is 0 Å². The van der Waals surface area contributed by atoms with E-state index in [1.165, 1.54) is 0 Å². The number of benzene rings is 2. The van der Waals surface area contributed by atoms with Crippen LogP contribution in [0.15, 0.2) is 60.7 Å². The molecule has 2 unspecified atom stereocenters. The van der Waals surface area contributed by atoms with Crippen LogP contribution in [0.1, 0.15) is 35.4 Å². The van der Waals surface area contributed by atoms with Crippen molar-refractivity contribution >= 4 is 5.78 Å². The second-order valence-corrected chi connectivity index (χ2v) is 5.62. The largest absolute Gasteiger partial charge is 0.387 e. The molecule has 0 amide bonds. The maximum absolute atomic E-state index is 12.1. The smallest absolute Gasteiger partial charge is 0.164 e. The topological polar surface area (TPSA) is 40.5 Å². The van der Waals surface area contributed by atoms with Crippen LogP contribution in [0.2, 0.25) is 0 Å². The van der Waals surface area contributed by atoms with Gasteiger partial charge in [-0.2, -0.15) is 0 Å². The lowest BCUT2D eigenvalue weighted by Crippen LogP contribution is -2.35. The standard InChI is InChI=1S/C19H23NO2/c1-15(19(22)17-11-7-4-8-12-17)20(2)14-13-18(21)16-9-5-3-6-10-16/h3-12,15,19,22H,13-14H2,1-2H3. The van der Waals surface area contributed by atoms with Gasteiger partial charge in [0, 0.05) is 24.6 Å². The van der Waals surface area contributed by atoms with Crippen LogP contribution in [0, 0.1) is 0 Å². The van der Waals surface area contributed by atoms with E-state index in [0.29, 0.717) is 13.0 Å². The molecule has 0 saturated carbocycles. The normalized spacial score (nSPS) is 13.8. The number of ketones is 1. The maximum atomic E-state index is 12.1. The summed E-state index contributed by atoms with van der Waals surface area (Å²) in [6, 6.07) is 18.9. The molecule has 0 fully saturated rings. The van der Waals surface area contributed by atoms with Crippen molar-refractivity contribution < 1.29 is 9.90 Å². The summed E-state index contributed by atoms with van der Waals surface area (Å²) in [5, 5.41) is 10.4. The Labute approximate surface area is 132 Å². The van der Waals surface area contributed by atoms with E-state index in [4.69, 9.17) is 0 Å². The van der Waals surface area contributed by atoms with Crippen LogP contribution in [-0.4, -0.2) is 35.4 Å². The van der Waals surface area contributed by atoms with Crippen molar-refractivity contribution in [2.75, 3.05) is 13.6 Å². The van der Waals surface area contributed by atoms with E-state index in [1.54, 1.807) is 0 Å². The second-order valence-electron chi connectivity index (χ2n) is 5.62. The number of Topliss-reactive ketones (excluding diaryl/α,β-unsaturated/α-hetero) is 1. The number of rotatable bonds is 7. The molecule has 1 N–H and O–H groups in total. The highest BCUT2D eigenvalue weighted by molar-refractivity contribution is 5.96. The number of carbonyl (C=O) groups is 1. The Hall–Kier alpha value is -1.97. The summed E-state index contributed by atoms with van der Waals surface area (Å²) in [5.41, 5.74) is 1.64. The summed E-state index contributed by atoms with van der Waals surface area (Å²) in [6.07, 6.45) is -0.107. The number of aliphatic hydroxyl groups is 1. The predicted octanol–water partition coefficient (Wildman–Crippen LogP) is 3.31. The molecular weight excluding hydrogens is 274 g/mol. The van der Waals surface area contributed by atoms with Gasteiger partial charge in [-0.25, -0.2) is 0 Å². The lowest BCUT2D eigenvalue weighted by atomic mass is 10.0. The van der Waals surface area contributed by atoms with Crippen LogP contribution < -0.4 is 0 Å². The Kier molecular flexibility index (Phi) is 5.87. The highest BCUT2D eigenvalue weighted by Gasteiger charge is 2.20. The molecule has 0 spiro atoms. The molecule has 0 heterocycles. The third-order valence-electron chi connectivity index (χ3n) is 4.08. The number of hydrogen-bond acceptors (Lipinski definition) is 3. The minimum atomic E-state index is -0.557. The van der Waals surface area contributed by atoms with Crippen molar-refractivity contribution in [1.29, 1.82) is 0 Å². The average Bonchev–Trinajstić information content (AvgIpc) is 2.59. The Morgan fingerprint density at radius 2 is 1.59 bits per heavy atom. The summed E-state index contributed by atoms with van der Waals surface area (Å²) in [4.78, 5) is 14.1. The van der Waals surface area contributed by atoms with Crippen LogP contribution >= 0.6 is 0 Å². The van der Waals surface area contributed by atoms with Crippen molar-refractivity contribution in [2.24, 2.45) is 0 Å². The molecule has 0 aliphatic carbocycles. The quantitative estimate of drug-likeness (QED) is 0.797. The molecule has 3 heteroatoms. The molecule has 0 radical (unpaired) electrons. The van der Waals surface area contributed by atoms with Crippen LogP contribution in [0.5, 0.6) is 0 Å². The molecule has 0 aliphatic heterocycles. The summed E-state index contributed by atoms with van der Waals surface area (Å²) in [5.74, 6) is 0.133. The maximum Gasteiger partial charge on any atom is 0.164 e. The van der Waals surface area contributed by atoms with E-state index in [-0.39, 0.29) is 11.8 Å². The molecule has 0 saturated heterocycles. The molecule has 2 aromatic carbocycles. The van der Waals surface area contributed by atoms with Gasteiger partial charge < -0.3 is 10.0 Å². The van der Waals surface area contributed by atoms with Gasteiger partial charge in [-0.3, -0.25) is 4.79 Å². The van der Waals surface area contributed by atoms with Gasteiger partial charge >= 0.3 is 0 Å². The Morgan fingerprint density at radius 3 is 2.18 bits per heavy atom. The molecule has 116 valence electrons. The SMILES string of the molecule is CC(C(O)c1ccccc1)N(C)CCC(=O)c1ccccc1. The van der Waals surface area contributed by atoms with E-state index < -0.39 is 6.10 Å². The van der Waals surface area contributed by atoms with Gasteiger partial charge in [0.15, 0.2) is 5.78 Å². The van der Waals surface area contributed by atoms with E-state index in [1.807, 2.05) is 79.5 Å². The fourth-order valence-corrected chi connectivity index (χ4v) is 2.42. The van der Waals surface area contributed by atoms with Crippen LogP contribution in [0.4, 0.5) is 0 Å². The predicted molar refractivity (Wildman–Crippen MR) is 88.9 cm³/mol. The molecular formula is C19H23NO2. The second kappa shape index (κ2) is 7.87. The van der Waals surface area contributed by atoms with Crippen molar-refractivity contribution in [3.8, 4) is 0 Å². The molecule has 3 nitrogen and oxygen atoms in total. The fourth-order valence-electron chi connectivity index (χ4n) is 2.42. The lowest BCUT2D eigenvalue weighted by Gasteiger charge is -2.29. The van der Waals surface area contributed by atoms with Gasteiger partial charge in [-0.1, -0.05) is 60.7 Å². The lowest BCUT2D eigenvalue weighted by molar-refractivity contribution is 0.0688. The van der Waals surface area contributed by atoms with Crippen LogP contribution in [0.3, 0.4) is 0 Å². The van der Waals surface area contributed by atoms with Gasteiger partial charge in [0.05, 0.1) is 6.10 Å². The first-order valence-corrected chi connectivity index (χ1v) is 7.61. The van der Waals surface area contributed by atoms with Crippen molar-refractivity contribution in [1.82, 2.24) is 4.90 Å². The van der Waals surface area contributed by atoms with Crippen LogP contribution in [0.25, 0.3) is 0 Å². The van der Waals surface area contributed by atoms with Gasteiger partial charge in [0.2, 0.25) is 0 Å². The van der Waals surface area contributed by atoms with Crippen molar-refractivity contribution in [2.45, 2.75) is 25.5 Å². The molecule has 2 atom stereocenters. The van der Waals surface area contributed by atoms with Gasteiger partial charge in [-0.15, -0.1) is 0 Å². The highest BCUT2D eigenvalue weighted by atomic mass is 16.3. The zero-order valence-electron chi connectivity index (χ0n) is 13.1. The number of carbonyl (C=O) groups excluding carboxylic acids is 1. The number of nitrogens with zero attached hydrogens (tertiary/aromatic N) is 1. The van der Waals surface area contributed by atoms with Crippen molar-refractivity contribution in [3.63, 3.8) is 0 Å².